The number of carbonyl (C=O) groups is 1. The maximum atomic E-state index is 11.5. The molecule has 7 nitrogen and oxygen atoms in total. The molecule has 0 fully saturated rings. The van der Waals surface area contributed by atoms with E-state index in [-0.39, 0.29) is 11.3 Å². The van der Waals surface area contributed by atoms with E-state index in [2.05, 4.69) is 16.3 Å². The van der Waals surface area contributed by atoms with Crippen molar-refractivity contribution in [3.63, 3.8) is 0 Å². The number of hydrogen-bond acceptors (Lipinski definition) is 5. The number of methoxy groups -OCH3 is 1. The fourth-order valence-corrected chi connectivity index (χ4v) is 3.13. The Balaban J connectivity index is 1.61. The molecule has 7 heteroatoms. The van der Waals surface area contributed by atoms with E-state index in [9.17, 15) is 9.90 Å². The molecule has 0 radical (unpaired) electrons. The van der Waals surface area contributed by atoms with Crippen LogP contribution >= 0.6 is 0 Å². The van der Waals surface area contributed by atoms with Crippen LogP contribution in [-0.2, 0) is 9.47 Å². The number of carboxylic acids is 1. The number of nitrogens with one attached hydrogen (secondary N) is 1. The minimum Gasteiger partial charge on any atom is -0.495 e. The van der Waals surface area contributed by atoms with E-state index >= 15 is 0 Å². The molecule has 1 aromatic carbocycles. The minimum absolute atomic E-state index is 0.0741. The van der Waals surface area contributed by atoms with Gasteiger partial charge in [-0.3, -0.25) is 5.10 Å². The molecule has 1 aliphatic carbocycles. The van der Waals surface area contributed by atoms with E-state index in [1.807, 2.05) is 12.2 Å². The Bertz CT molecular complexity index is 1090. The molecule has 2 heterocycles. The molecule has 142 valence electrons. The van der Waals surface area contributed by atoms with Crippen molar-refractivity contribution in [3.8, 4) is 5.75 Å². The molecule has 2 aliphatic rings. The van der Waals surface area contributed by atoms with Gasteiger partial charge in [-0.1, -0.05) is 18.2 Å². The van der Waals surface area contributed by atoms with Crippen molar-refractivity contribution in [1.82, 2.24) is 10.2 Å². The molecule has 0 spiro atoms. The highest BCUT2D eigenvalue weighted by Gasteiger charge is 2.18. The Hall–Kier alpha value is -3.74. The Morgan fingerprint density at radius 2 is 2.21 bits per heavy atom. The number of fused-ring (bicyclic) bond motifs is 1. The number of aromatic nitrogens is 2. The number of H-pyrrole nitrogens is 1. The molecular formula is C21H18N2O5. The third-order valence-corrected chi connectivity index (χ3v) is 4.47. The molecular weight excluding hydrogens is 360 g/mol. The molecule has 2 N–H and O–H groups in total. The van der Waals surface area contributed by atoms with Crippen LogP contribution in [0.25, 0.3) is 17.0 Å². The van der Waals surface area contributed by atoms with Gasteiger partial charge in [-0.2, -0.15) is 5.10 Å². The van der Waals surface area contributed by atoms with Crippen LogP contribution in [0.2, 0.25) is 0 Å². The van der Waals surface area contributed by atoms with Crippen LogP contribution in [-0.4, -0.2) is 28.4 Å². The molecule has 28 heavy (non-hydrogen) atoms. The molecule has 0 bridgehead atoms. The number of benzene rings is 1. The maximum Gasteiger partial charge on any atom is 0.339 e. The van der Waals surface area contributed by atoms with Gasteiger partial charge in [-0.25, -0.2) is 4.79 Å². The third-order valence-electron chi connectivity index (χ3n) is 4.47. The van der Waals surface area contributed by atoms with E-state index in [4.69, 9.17) is 14.2 Å². The van der Waals surface area contributed by atoms with E-state index in [1.165, 1.54) is 19.4 Å². The fraction of sp³-hybridized carbons (Fsp3) is 0.143. The number of allylic oxidation sites excluding steroid dienone is 5. The standard InChI is InChI=1S/C21H18N2O5/c1-26-20-15(21(24)25)8-10-17-19(20)16(22-23-17)9-7-14-11-27-12-18(28-14)13-5-3-2-4-6-13/h2-3,5,7-12H,4,6H2,1H3,(H,22,23)(H,24,25). The molecule has 0 atom stereocenters. The summed E-state index contributed by atoms with van der Waals surface area (Å²) in [4.78, 5) is 11.5. The van der Waals surface area contributed by atoms with Crippen LogP contribution in [0.3, 0.4) is 0 Å². The van der Waals surface area contributed by atoms with Crippen LogP contribution in [0.15, 0.2) is 66.1 Å². The lowest BCUT2D eigenvalue weighted by molar-refractivity contribution is 0.0693. The van der Waals surface area contributed by atoms with Crippen LogP contribution < -0.4 is 4.74 Å². The van der Waals surface area contributed by atoms with Crippen molar-refractivity contribution < 1.29 is 24.1 Å². The van der Waals surface area contributed by atoms with Gasteiger partial charge in [-0.15, -0.1) is 0 Å². The molecule has 1 aromatic heterocycles. The number of ether oxygens (including phenoxy) is 3. The van der Waals surface area contributed by atoms with Crippen LogP contribution in [0.5, 0.6) is 5.75 Å². The second-order valence-corrected chi connectivity index (χ2v) is 6.22. The molecule has 4 rings (SSSR count). The number of hydrogen-bond donors (Lipinski definition) is 2. The van der Waals surface area contributed by atoms with Gasteiger partial charge < -0.3 is 19.3 Å². The monoisotopic (exact) mass is 378 g/mol. The maximum absolute atomic E-state index is 11.5. The van der Waals surface area contributed by atoms with E-state index in [0.717, 1.165) is 18.4 Å². The lowest BCUT2D eigenvalue weighted by Crippen LogP contribution is -2.02. The number of aromatic amines is 1. The largest absolute Gasteiger partial charge is 0.495 e. The van der Waals surface area contributed by atoms with Gasteiger partial charge in [0.25, 0.3) is 0 Å². The van der Waals surface area contributed by atoms with Gasteiger partial charge in [0.1, 0.15) is 23.8 Å². The summed E-state index contributed by atoms with van der Waals surface area (Å²) in [6.45, 7) is 0. The van der Waals surface area contributed by atoms with Gasteiger partial charge in [0.15, 0.2) is 11.5 Å². The smallest absolute Gasteiger partial charge is 0.339 e. The van der Waals surface area contributed by atoms with Crippen molar-refractivity contribution in [2.24, 2.45) is 0 Å². The molecule has 0 saturated carbocycles. The molecule has 0 unspecified atom stereocenters. The summed E-state index contributed by atoms with van der Waals surface area (Å²) in [7, 11) is 1.44. The van der Waals surface area contributed by atoms with Gasteiger partial charge >= 0.3 is 5.97 Å². The first-order chi connectivity index (χ1) is 13.7. The van der Waals surface area contributed by atoms with Crippen LogP contribution in [0.4, 0.5) is 0 Å². The molecule has 2 aromatic rings. The summed E-state index contributed by atoms with van der Waals surface area (Å²) >= 11 is 0. The average molecular weight is 378 g/mol. The zero-order valence-electron chi connectivity index (χ0n) is 15.1. The van der Waals surface area contributed by atoms with Crippen molar-refractivity contribution in [2.75, 3.05) is 7.11 Å². The van der Waals surface area contributed by atoms with Crippen LogP contribution in [0, 0.1) is 0 Å². The lowest BCUT2D eigenvalue weighted by atomic mass is 10.0. The van der Waals surface area contributed by atoms with E-state index < -0.39 is 5.97 Å². The quantitative estimate of drug-likeness (QED) is 0.806. The zero-order valence-corrected chi connectivity index (χ0v) is 15.1. The number of nitrogens with zero attached hydrogens (tertiary/aromatic N) is 1. The van der Waals surface area contributed by atoms with Gasteiger partial charge in [-0.05, 0) is 42.7 Å². The normalized spacial score (nSPS) is 16.2. The Labute approximate surface area is 160 Å². The Kier molecular flexibility index (Phi) is 4.72. The summed E-state index contributed by atoms with van der Waals surface area (Å²) in [5.74, 6) is 0.384. The van der Waals surface area contributed by atoms with Crippen molar-refractivity contribution in [3.05, 3.63) is 77.3 Å². The van der Waals surface area contributed by atoms with Crippen molar-refractivity contribution in [2.45, 2.75) is 12.8 Å². The zero-order chi connectivity index (χ0) is 19.5. The Morgan fingerprint density at radius 1 is 1.32 bits per heavy atom. The predicted octanol–water partition coefficient (Wildman–Crippen LogP) is 4.29. The van der Waals surface area contributed by atoms with Gasteiger partial charge in [0, 0.05) is 0 Å². The number of rotatable bonds is 5. The predicted molar refractivity (Wildman–Crippen MR) is 103 cm³/mol. The van der Waals surface area contributed by atoms with Crippen molar-refractivity contribution >= 4 is 22.9 Å². The molecule has 0 amide bonds. The Morgan fingerprint density at radius 3 is 2.96 bits per heavy atom. The number of carboxylic acid groups (broad SMARTS) is 1. The summed E-state index contributed by atoms with van der Waals surface area (Å²) in [5, 5.41) is 17.1. The highest BCUT2D eigenvalue weighted by atomic mass is 16.5. The lowest BCUT2D eigenvalue weighted by Gasteiger charge is -2.17. The van der Waals surface area contributed by atoms with Gasteiger partial charge in [0.2, 0.25) is 0 Å². The second-order valence-electron chi connectivity index (χ2n) is 6.22. The highest BCUT2D eigenvalue weighted by molar-refractivity contribution is 6.02. The topological polar surface area (TPSA) is 93.7 Å². The SMILES string of the molecule is COc1c(C(=O)O)ccc2n[nH]c(C=CC3=COC=C(C4=CC=CCC4)O3)c12. The summed E-state index contributed by atoms with van der Waals surface area (Å²) in [6, 6.07) is 3.11. The van der Waals surface area contributed by atoms with Crippen molar-refractivity contribution in [1.29, 1.82) is 0 Å². The first kappa shape index (κ1) is 17.7. The second kappa shape index (κ2) is 7.48. The van der Waals surface area contributed by atoms with Crippen LogP contribution in [0.1, 0.15) is 28.9 Å². The summed E-state index contributed by atoms with van der Waals surface area (Å²) < 4.78 is 16.6. The molecule has 1 aliphatic heterocycles. The first-order valence-electron chi connectivity index (χ1n) is 8.73. The number of aromatic carboxylic acids is 1. The molecule has 0 saturated heterocycles. The van der Waals surface area contributed by atoms with E-state index in [0.29, 0.717) is 28.1 Å². The average Bonchev–Trinajstić information content (AvgIpc) is 3.15. The summed E-state index contributed by atoms with van der Waals surface area (Å²) in [5.41, 5.74) is 2.36. The van der Waals surface area contributed by atoms with E-state index in [1.54, 1.807) is 24.5 Å². The first-order valence-corrected chi connectivity index (χ1v) is 8.73. The summed E-state index contributed by atoms with van der Waals surface area (Å²) in [6.07, 6.45) is 14.5. The fourth-order valence-electron chi connectivity index (χ4n) is 3.13. The third kappa shape index (κ3) is 3.29. The highest BCUT2D eigenvalue weighted by Crippen LogP contribution is 2.32. The van der Waals surface area contributed by atoms with Gasteiger partial charge in [0.05, 0.1) is 23.7 Å². The minimum atomic E-state index is -1.06.